The van der Waals surface area contributed by atoms with Crippen LogP contribution in [-0.2, 0) is 24.1 Å². The molecule has 29 heavy (non-hydrogen) atoms. The van der Waals surface area contributed by atoms with E-state index in [2.05, 4.69) is 4.98 Å². The third kappa shape index (κ3) is 5.48. The summed E-state index contributed by atoms with van der Waals surface area (Å²) < 4.78 is 56.0. The molecule has 0 spiro atoms. The molecule has 0 aliphatic heterocycles. The van der Waals surface area contributed by atoms with Crippen molar-refractivity contribution in [2.45, 2.75) is 19.4 Å². The van der Waals surface area contributed by atoms with E-state index in [0.29, 0.717) is 22.7 Å². The number of aromatic nitrogens is 1. The van der Waals surface area contributed by atoms with Gasteiger partial charge >= 0.3 is 6.18 Å². The first-order valence-electron chi connectivity index (χ1n) is 8.82. The normalized spacial score (nSPS) is 11.3. The second kappa shape index (κ2) is 8.96. The lowest BCUT2D eigenvalue weighted by atomic mass is 10.1. The van der Waals surface area contributed by atoms with E-state index in [1.54, 1.807) is 55.6 Å². The van der Waals surface area contributed by atoms with Crippen molar-refractivity contribution in [1.29, 1.82) is 0 Å². The minimum atomic E-state index is -4.50. The predicted octanol–water partition coefficient (Wildman–Crippen LogP) is 5.50. The fourth-order valence-corrected chi connectivity index (χ4v) is 2.75. The van der Waals surface area contributed by atoms with Crippen LogP contribution in [0.2, 0.25) is 0 Å². The molecule has 152 valence electrons. The summed E-state index contributed by atoms with van der Waals surface area (Å²) in [5, 5.41) is 0. The average molecular weight is 403 g/mol. The van der Waals surface area contributed by atoms with Crippen molar-refractivity contribution in [2.24, 2.45) is 0 Å². The van der Waals surface area contributed by atoms with Crippen LogP contribution in [0.3, 0.4) is 0 Å². The average Bonchev–Trinajstić information content (AvgIpc) is 2.72. The van der Waals surface area contributed by atoms with Crippen LogP contribution in [0.25, 0.3) is 11.3 Å². The summed E-state index contributed by atoms with van der Waals surface area (Å²) in [4.78, 5) is 4.37. The Hall–Kier alpha value is -3.06. The van der Waals surface area contributed by atoms with Gasteiger partial charge in [-0.3, -0.25) is 4.98 Å². The standard InChI is InChI=1S/C22H20F3NO3/c1-27-14-18-4-3-5-21(26-18)16-10-17(22(23,24)25)12-20(11-16)29-13-15-6-8-19(28-2)9-7-15/h3-12H,13-14H2,1-2H3. The molecule has 0 aliphatic carbocycles. The molecule has 0 saturated carbocycles. The molecule has 7 heteroatoms. The van der Waals surface area contributed by atoms with E-state index in [1.807, 2.05) is 0 Å². The van der Waals surface area contributed by atoms with E-state index in [0.717, 1.165) is 17.7 Å². The van der Waals surface area contributed by atoms with Crippen LogP contribution in [0.15, 0.2) is 60.7 Å². The van der Waals surface area contributed by atoms with Gasteiger partial charge in [-0.2, -0.15) is 13.2 Å². The van der Waals surface area contributed by atoms with Crippen LogP contribution in [-0.4, -0.2) is 19.2 Å². The molecule has 0 unspecified atom stereocenters. The summed E-state index contributed by atoms with van der Waals surface area (Å²) >= 11 is 0. The van der Waals surface area contributed by atoms with Crippen molar-refractivity contribution in [1.82, 2.24) is 4.98 Å². The van der Waals surface area contributed by atoms with Gasteiger partial charge in [-0.25, -0.2) is 0 Å². The lowest BCUT2D eigenvalue weighted by Gasteiger charge is -2.14. The van der Waals surface area contributed by atoms with E-state index in [-0.39, 0.29) is 19.0 Å². The molecule has 1 heterocycles. The molecule has 0 atom stereocenters. The Morgan fingerprint density at radius 2 is 1.62 bits per heavy atom. The number of alkyl halides is 3. The highest BCUT2D eigenvalue weighted by molar-refractivity contribution is 5.63. The van der Waals surface area contributed by atoms with E-state index < -0.39 is 11.7 Å². The van der Waals surface area contributed by atoms with Crippen molar-refractivity contribution >= 4 is 0 Å². The Balaban J connectivity index is 1.90. The zero-order chi connectivity index (χ0) is 20.9. The van der Waals surface area contributed by atoms with Gasteiger partial charge in [-0.05, 0) is 48.0 Å². The topological polar surface area (TPSA) is 40.6 Å². The van der Waals surface area contributed by atoms with Gasteiger partial charge in [0.05, 0.1) is 30.7 Å². The van der Waals surface area contributed by atoms with Crippen molar-refractivity contribution in [3.8, 4) is 22.8 Å². The SMILES string of the molecule is COCc1cccc(-c2cc(OCc3ccc(OC)cc3)cc(C(F)(F)F)c2)n1. The van der Waals surface area contributed by atoms with Gasteiger partial charge in [0, 0.05) is 12.7 Å². The smallest absolute Gasteiger partial charge is 0.416 e. The molecule has 0 bridgehead atoms. The highest BCUT2D eigenvalue weighted by Gasteiger charge is 2.31. The van der Waals surface area contributed by atoms with E-state index in [4.69, 9.17) is 14.2 Å². The first-order valence-corrected chi connectivity index (χ1v) is 8.82. The molecule has 0 saturated heterocycles. The van der Waals surface area contributed by atoms with E-state index in [9.17, 15) is 13.2 Å². The molecule has 4 nitrogen and oxygen atoms in total. The Morgan fingerprint density at radius 1 is 0.862 bits per heavy atom. The predicted molar refractivity (Wildman–Crippen MR) is 103 cm³/mol. The van der Waals surface area contributed by atoms with Gasteiger partial charge in [-0.15, -0.1) is 0 Å². The lowest BCUT2D eigenvalue weighted by Crippen LogP contribution is -2.06. The summed E-state index contributed by atoms with van der Waals surface area (Å²) in [6, 6.07) is 15.9. The number of pyridine rings is 1. The number of hydrogen-bond donors (Lipinski definition) is 0. The van der Waals surface area contributed by atoms with Crippen molar-refractivity contribution in [2.75, 3.05) is 14.2 Å². The van der Waals surface area contributed by atoms with Crippen molar-refractivity contribution in [3.63, 3.8) is 0 Å². The fraction of sp³-hybridized carbons (Fsp3) is 0.227. The van der Waals surface area contributed by atoms with Crippen LogP contribution in [0.4, 0.5) is 13.2 Å². The number of methoxy groups -OCH3 is 2. The number of halogens is 3. The third-order valence-corrected chi connectivity index (χ3v) is 4.19. The minimum Gasteiger partial charge on any atom is -0.497 e. The zero-order valence-electron chi connectivity index (χ0n) is 16.0. The highest BCUT2D eigenvalue weighted by Crippen LogP contribution is 2.35. The van der Waals surface area contributed by atoms with E-state index in [1.165, 1.54) is 7.11 Å². The molecule has 3 aromatic rings. The number of benzene rings is 2. The highest BCUT2D eigenvalue weighted by atomic mass is 19.4. The summed E-state index contributed by atoms with van der Waals surface area (Å²) in [7, 11) is 3.09. The summed E-state index contributed by atoms with van der Waals surface area (Å²) in [5.74, 6) is 0.807. The van der Waals surface area contributed by atoms with Crippen LogP contribution in [0.1, 0.15) is 16.8 Å². The zero-order valence-corrected chi connectivity index (χ0v) is 16.0. The number of ether oxygens (including phenoxy) is 3. The second-order valence-electron chi connectivity index (χ2n) is 6.33. The summed E-state index contributed by atoms with van der Waals surface area (Å²) in [6.07, 6.45) is -4.50. The summed E-state index contributed by atoms with van der Waals surface area (Å²) in [6.45, 7) is 0.398. The van der Waals surface area contributed by atoms with Crippen LogP contribution in [0.5, 0.6) is 11.5 Å². The van der Waals surface area contributed by atoms with Gasteiger partial charge in [0.1, 0.15) is 18.1 Å². The monoisotopic (exact) mass is 403 g/mol. The molecule has 2 aromatic carbocycles. The van der Waals surface area contributed by atoms with Gasteiger partial charge in [0.15, 0.2) is 0 Å². The number of hydrogen-bond acceptors (Lipinski definition) is 4. The lowest BCUT2D eigenvalue weighted by molar-refractivity contribution is -0.137. The maximum Gasteiger partial charge on any atom is 0.416 e. The Morgan fingerprint density at radius 3 is 2.28 bits per heavy atom. The molecule has 0 amide bonds. The van der Waals surface area contributed by atoms with Gasteiger partial charge < -0.3 is 14.2 Å². The minimum absolute atomic E-state index is 0.115. The van der Waals surface area contributed by atoms with Crippen LogP contribution >= 0.6 is 0 Å². The maximum atomic E-state index is 13.4. The van der Waals surface area contributed by atoms with Crippen molar-refractivity contribution in [3.05, 3.63) is 77.5 Å². The molecular weight excluding hydrogens is 383 g/mol. The first kappa shape index (κ1) is 20.7. The number of nitrogens with zero attached hydrogens (tertiary/aromatic N) is 1. The third-order valence-electron chi connectivity index (χ3n) is 4.19. The largest absolute Gasteiger partial charge is 0.497 e. The van der Waals surface area contributed by atoms with E-state index >= 15 is 0 Å². The number of rotatable bonds is 7. The molecule has 3 rings (SSSR count). The van der Waals surface area contributed by atoms with Crippen LogP contribution < -0.4 is 9.47 Å². The molecule has 0 aliphatic rings. The summed E-state index contributed by atoms with van der Waals surface area (Å²) in [5.41, 5.74) is 1.38. The molecule has 0 fully saturated rings. The van der Waals surface area contributed by atoms with Gasteiger partial charge in [-0.1, -0.05) is 18.2 Å². The molecular formula is C22H20F3NO3. The van der Waals surface area contributed by atoms with Gasteiger partial charge in [0.25, 0.3) is 0 Å². The Kier molecular flexibility index (Phi) is 6.39. The van der Waals surface area contributed by atoms with Gasteiger partial charge in [0.2, 0.25) is 0 Å². The first-order chi connectivity index (χ1) is 13.9. The Labute approximate surface area is 166 Å². The Bertz CT molecular complexity index is 956. The molecule has 1 aromatic heterocycles. The van der Waals surface area contributed by atoms with Crippen LogP contribution in [0, 0.1) is 0 Å². The quantitative estimate of drug-likeness (QED) is 0.522. The molecule has 0 N–H and O–H groups in total. The fourth-order valence-electron chi connectivity index (χ4n) is 2.75. The van der Waals surface area contributed by atoms with Crippen molar-refractivity contribution < 1.29 is 27.4 Å². The molecule has 0 radical (unpaired) electrons. The second-order valence-corrected chi connectivity index (χ2v) is 6.33. The maximum absolute atomic E-state index is 13.4.